The Labute approximate surface area is 91.0 Å². The fourth-order valence-electron chi connectivity index (χ4n) is 1.29. The molecule has 0 radical (unpaired) electrons. The molecule has 0 aliphatic carbocycles. The van der Waals surface area contributed by atoms with Crippen LogP contribution in [0.4, 0.5) is 0 Å². The third-order valence-corrected chi connectivity index (χ3v) is 2.24. The van der Waals surface area contributed by atoms with E-state index in [4.69, 9.17) is 11.6 Å². The van der Waals surface area contributed by atoms with E-state index < -0.39 is 0 Å². The van der Waals surface area contributed by atoms with Crippen molar-refractivity contribution in [1.82, 2.24) is 15.0 Å². The average molecular weight is 222 g/mol. The molecule has 0 saturated heterocycles. The largest absolute Gasteiger partial charge is 0.345 e. The zero-order valence-corrected chi connectivity index (χ0v) is 8.75. The lowest BCUT2D eigenvalue weighted by Gasteiger charge is -1.92. The Balaban J connectivity index is 2.57. The van der Waals surface area contributed by atoms with E-state index in [1.807, 2.05) is 0 Å². The number of hydrogen-bond acceptors (Lipinski definition) is 3. The molecule has 0 spiro atoms. The number of fused-ring (bicyclic) bond motifs is 1. The van der Waals surface area contributed by atoms with Crippen LogP contribution in [-0.2, 0) is 4.79 Å². The minimum atomic E-state index is -0.0164. The van der Waals surface area contributed by atoms with E-state index in [0.29, 0.717) is 10.8 Å². The van der Waals surface area contributed by atoms with Gasteiger partial charge in [0.15, 0.2) is 5.78 Å². The van der Waals surface area contributed by atoms with Crippen molar-refractivity contribution in [3.8, 4) is 0 Å². The molecule has 0 amide bonds. The first-order chi connectivity index (χ1) is 7.18. The van der Waals surface area contributed by atoms with Crippen LogP contribution in [0.1, 0.15) is 12.5 Å². The number of hydrogen-bond donors (Lipinski definition) is 1. The second kappa shape index (κ2) is 3.82. The maximum atomic E-state index is 10.8. The number of halogens is 1. The molecule has 0 aliphatic rings. The van der Waals surface area contributed by atoms with Crippen molar-refractivity contribution in [2.75, 3.05) is 0 Å². The first-order valence-corrected chi connectivity index (χ1v) is 4.72. The summed E-state index contributed by atoms with van der Waals surface area (Å²) in [4.78, 5) is 21.7. The number of aromatic nitrogens is 3. The number of allylic oxidation sites excluding steroid dienone is 1. The van der Waals surface area contributed by atoms with Crippen LogP contribution in [0.5, 0.6) is 0 Å². The molecular weight excluding hydrogens is 214 g/mol. The Morgan fingerprint density at radius 1 is 1.53 bits per heavy atom. The summed E-state index contributed by atoms with van der Waals surface area (Å²) < 4.78 is 0. The number of nitrogens with zero attached hydrogens (tertiary/aromatic N) is 2. The first kappa shape index (κ1) is 9.86. The average Bonchev–Trinajstić information content (AvgIpc) is 2.59. The number of carbonyl (C=O) groups excluding carboxylic acids is 1. The van der Waals surface area contributed by atoms with Crippen molar-refractivity contribution in [2.45, 2.75) is 6.92 Å². The van der Waals surface area contributed by atoms with E-state index in [2.05, 4.69) is 15.0 Å². The molecule has 4 nitrogen and oxygen atoms in total. The van der Waals surface area contributed by atoms with Crippen molar-refractivity contribution in [1.29, 1.82) is 0 Å². The maximum Gasteiger partial charge on any atom is 0.152 e. The molecule has 1 N–H and O–H groups in total. The van der Waals surface area contributed by atoms with Gasteiger partial charge in [-0.1, -0.05) is 11.6 Å². The molecule has 0 aromatic carbocycles. The highest BCUT2D eigenvalue weighted by Crippen LogP contribution is 2.23. The van der Waals surface area contributed by atoms with Crippen molar-refractivity contribution in [3.05, 3.63) is 29.3 Å². The summed E-state index contributed by atoms with van der Waals surface area (Å²) in [6.45, 7) is 1.49. The van der Waals surface area contributed by atoms with Crippen LogP contribution < -0.4 is 0 Å². The summed E-state index contributed by atoms with van der Waals surface area (Å²) in [5.74, 6) is -0.0164. The van der Waals surface area contributed by atoms with Gasteiger partial charge in [-0.15, -0.1) is 0 Å². The van der Waals surface area contributed by atoms with E-state index in [9.17, 15) is 4.79 Å². The molecule has 2 heterocycles. The van der Waals surface area contributed by atoms with Gasteiger partial charge in [0.05, 0.1) is 5.39 Å². The highest BCUT2D eigenvalue weighted by atomic mass is 35.5. The van der Waals surface area contributed by atoms with Crippen LogP contribution in [0.15, 0.2) is 18.6 Å². The lowest BCUT2D eigenvalue weighted by atomic mass is 10.2. The molecule has 5 heteroatoms. The quantitative estimate of drug-likeness (QED) is 0.625. The number of rotatable bonds is 2. The van der Waals surface area contributed by atoms with Crippen LogP contribution in [0, 0.1) is 0 Å². The molecule has 0 fully saturated rings. The molecule has 0 bridgehead atoms. The summed E-state index contributed by atoms with van der Waals surface area (Å²) in [6.07, 6.45) is 6.30. The second-order valence-corrected chi connectivity index (χ2v) is 3.43. The predicted molar refractivity (Wildman–Crippen MR) is 58.6 cm³/mol. The van der Waals surface area contributed by atoms with Gasteiger partial charge in [-0.3, -0.25) is 4.79 Å². The van der Waals surface area contributed by atoms with Gasteiger partial charge in [-0.2, -0.15) is 0 Å². The molecule has 0 unspecified atom stereocenters. The van der Waals surface area contributed by atoms with Crippen molar-refractivity contribution < 1.29 is 4.79 Å². The van der Waals surface area contributed by atoms with Crippen LogP contribution in [0.2, 0.25) is 5.15 Å². The Morgan fingerprint density at radius 3 is 3.07 bits per heavy atom. The minimum absolute atomic E-state index is 0.0164. The monoisotopic (exact) mass is 221 g/mol. The summed E-state index contributed by atoms with van der Waals surface area (Å²) in [5.41, 5.74) is 1.48. The topological polar surface area (TPSA) is 58.6 Å². The molecule has 0 saturated carbocycles. The van der Waals surface area contributed by atoms with Gasteiger partial charge in [0.2, 0.25) is 0 Å². The Hall–Kier alpha value is -1.68. The Bertz CT molecular complexity index is 545. The van der Waals surface area contributed by atoms with Gasteiger partial charge in [0.1, 0.15) is 17.1 Å². The standard InChI is InChI=1S/C10H8ClN3O/c1-6(15)2-3-7-4-12-10-8(7)9(11)13-5-14-10/h2-5H,1H3,(H,12,13,14)/b3-2+. The molecule has 2 rings (SSSR count). The molecule has 2 aromatic heterocycles. The lowest BCUT2D eigenvalue weighted by Crippen LogP contribution is -1.82. The molecule has 0 atom stereocenters. The molecule has 2 aromatic rings. The number of H-pyrrole nitrogens is 1. The summed E-state index contributed by atoms with van der Waals surface area (Å²) in [5, 5.41) is 1.11. The molecule has 76 valence electrons. The number of nitrogens with one attached hydrogen (secondary N) is 1. The van der Waals surface area contributed by atoms with E-state index >= 15 is 0 Å². The van der Waals surface area contributed by atoms with E-state index in [1.165, 1.54) is 19.3 Å². The summed E-state index contributed by atoms with van der Waals surface area (Å²) in [7, 11) is 0. The second-order valence-electron chi connectivity index (χ2n) is 3.08. The highest BCUT2D eigenvalue weighted by molar-refractivity contribution is 6.34. The van der Waals surface area contributed by atoms with Crippen LogP contribution in [0.3, 0.4) is 0 Å². The fourth-order valence-corrected chi connectivity index (χ4v) is 1.53. The number of carbonyl (C=O) groups is 1. The summed E-state index contributed by atoms with van der Waals surface area (Å²) in [6, 6.07) is 0. The van der Waals surface area contributed by atoms with Gasteiger partial charge in [0.25, 0.3) is 0 Å². The minimum Gasteiger partial charge on any atom is -0.345 e. The third kappa shape index (κ3) is 1.89. The highest BCUT2D eigenvalue weighted by Gasteiger charge is 2.06. The Kier molecular flexibility index (Phi) is 2.51. The normalized spacial score (nSPS) is 11.3. The molecule has 15 heavy (non-hydrogen) atoms. The molecular formula is C10H8ClN3O. The lowest BCUT2D eigenvalue weighted by molar-refractivity contribution is -0.112. The van der Waals surface area contributed by atoms with Crippen molar-refractivity contribution in [3.63, 3.8) is 0 Å². The fraction of sp³-hybridized carbons (Fsp3) is 0.100. The van der Waals surface area contributed by atoms with Gasteiger partial charge >= 0.3 is 0 Å². The van der Waals surface area contributed by atoms with E-state index in [1.54, 1.807) is 12.3 Å². The maximum absolute atomic E-state index is 10.8. The van der Waals surface area contributed by atoms with Gasteiger partial charge in [-0.05, 0) is 19.1 Å². The number of aromatic amines is 1. The van der Waals surface area contributed by atoms with E-state index in [-0.39, 0.29) is 5.78 Å². The van der Waals surface area contributed by atoms with E-state index in [0.717, 1.165) is 10.9 Å². The van der Waals surface area contributed by atoms with Gasteiger partial charge in [-0.25, -0.2) is 9.97 Å². The smallest absolute Gasteiger partial charge is 0.152 e. The SMILES string of the molecule is CC(=O)/C=C/c1c[nH]c2ncnc(Cl)c12. The first-order valence-electron chi connectivity index (χ1n) is 4.34. The molecule has 0 aliphatic heterocycles. The predicted octanol–water partition coefficient (Wildman–Crippen LogP) is 2.21. The van der Waals surface area contributed by atoms with Gasteiger partial charge in [0, 0.05) is 11.8 Å². The van der Waals surface area contributed by atoms with Crippen molar-refractivity contribution >= 4 is 34.5 Å². The zero-order chi connectivity index (χ0) is 10.8. The van der Waals surface area contributed by atoms with Gasteiger partial charge < -0.3 is 4.98 Å². The Morgan fingerprint density at radius 2 is 2.33 bits per heavy atom. The van der Waals surface area contributed by atoms with Crippen LogP contribution in [-0.4, -0.2) is 20.7 Å². The third-order valence-electron chi connectivity index (χ3n) is 1.95. The van der Waals surface area contributed by atoms with Crippen LogP contribution >= 0.6 is 11.6 Å². The zero-order valence-electron chi connectivity index (χ0n) is 7.99. The summed E-state index contributed by atoms with van der Waals surface area (Å²) >= 11 is 5.93. The number of ketones is 1. The van der Waals surface area contributed by atoms with Crippen LogP contribution in [0.25, 0.3) is 17.1 Å². The van der Waals surface area contributed by atoms with Crippen molar-refractivity contribution in [2.24, 2.45) is 0 Å².